The van der Waals surface area contributed by atoms with Crippen LogP contribution < -0.4 is 10.0 Å². The lowest BCUT2D eigenvalue weighted by atomic mass is 10.1. The summed E-state index contributed by atoms with van der Waals surface area (Å²) in [6, 6.07) is 9.70. The van der Waals surface area contributed by atoms with Crippen molar-refractivity contribution in [1.29, 1.82) is 0 Å². The molecular weight excluding hydrogens is 566 g/mol. The lowest BCUT2D eigenvalue weighted by Gasteiger charge is -2.18. The van der Waals surface area contributed by atoms with E-state index in [0.29, 0.717) is 29.2 Å². The van der Waals surface area contributed by atoms with Crippen LogP contribution in [0.3, 0.4) is 0 Å². The van der Waals surface area contributed by atoms with Crippen molar-refractivity contribution in [2.45, 2.75) is 37.4 Å². The Labute approximate surface area is 214 Å². The molecule has 1 fully saturated rings. The number of likely N-dealkylation sites (tertiary alicyclic amines) is 1. The van der Waals surface area contributed by atoms with Gasteiger partial charge in [0.2, 0.25) is 10.0 Å². The van der Waals surface area contributed by atoms with Gasteiger partial charge in [-0.1, -0.05) is 40.5 Å². The summed E-state index contributed by atoms with van der Waals surface area (Å²) in [7, 11) is -6.70. The molecule has 0 spiro atoms. The number of halogens is 2. The largest absolute Gasteiger partial charge is 0.348 e. The Morgan fingerprint density at radius 2 is 1.88 bits per heavy atom. The van der Waals surface area contributed by atoms with E-state index in [1.807, 2.05) is 6.07 Å². The second kappa shape index (κ2) is 11.0. The molecule has 0 aromatic heterocycles. The van der Waals surface area contributed by atoms with Crippen molar-refractivity contribution in [2.75, 3.05) is 25.1 Å². The average molecular weight is 593 g/mol. The molecule has 1 aliphatic rings. The van der Waals surface area contributed by atoms with Crippen LogP contribution in [-0.2, 0) is 33.0 Å². The Morgan fingerprint density at radius 3 is 2.53 bits per heavy atom. The first-order valence-electron chi connectivity index (χ1n) is 10.7. The number of benzene rings is 2. The molecule has 0 aliphatic carbocycles. The van der Waals surface area contributed by atoms with Crippen molar-refractivity contribution in [1.82, 2.24) is 14.9 Å². The highest BCUT2D eigenvalue weighted by molar-refractivity contribution is 9.10. The third kappa shape index (κ3) is 7.25. The molecule has 8 nitrogen and oxygen atoms in total. The van der Waals surface area contributed by atoms with Crippen LogP contribution >= 0.6 is 27.5 Å². The minimum absolute atomic E-state index is 0.0236. The average Bonchev–Trinajstić information content (AvgIpc) is 3.18. The van der Waals surface area contributed by atoms with E-state index in [4.69, 9.17) is 11.6 Å². The quantitative estimate of drug-likeness (QED) is 0.463. The maximum atomic E-state index is 12.7. The molecule has 1 atom stereocenters. The highest BCUT2D eigenvalue weighted by atomic mass is 79.9. The van der Waals surface area contributed by atoms with Gasteiger partial charge in [-0.05, 0) is 47.9 Å². The predicted molar refractivity (Wildman–Crippen MR) is 136 cm³/mol. The predicted octanol–water partition coefficient (Wildman–Crippen LogP) is 2.95. The maximum Gasteiger partial charge on any atom is 0.251 e. The number of carbonyl (C=O) groups excluding carboxylic acids is 1. The Bertz CT molecular complexity index is 1290. The van der Waals surface area contributed by atoms with E-state index in [-0.39, 0.29) is 29.1 Å². The number of sulfone groups is 1. The van der Waals surface area contributed by atoms with Gasteiger partial charge in [-0.3, -0.25) is 9.69 Å². The summed E-state index contributed by atoms with van der Waals surface area (Å²) in [5.41, 5.74) is 1.84. The van der Waals surface area contributed by atoms with Crippen LogP contribution in [0, 0.1) is 0 Å². The minimum atomic E-state index is -3.46. The molecule has 3 rings (SSSR count). The number of hydrogen-bond acceptors (Lipinski definition) is 6. The van der Waals surface area contributed by atoms with E-state index in [2.05, 4.69) is 30.9 Å². The van der Waals surface area contributed by atoms with E-state index >= 15 is 0 Å². The van der Waals surface area contributed by atoms with Gasteiger partial charge in [-0.2, -0.15) is 0 Å². The number of amides is 1. The van der Waals surface area contributed by atoms with E-state index in [1.165, 1.54) is 12.1 Å². The number of hydrogen-bond donors (Lipinski definition) is 2. The monoisotopic (exact) mass is 591 g/mol. The molecule has 0 unspecified atom stereocenters. The van der Waals surface area contributed by atoms with E-state index < -0.39 is 19.9 Å². The van der Waals surface area contributed by atoms with Gasteiger partial charge in [-0.25, -0.2) is 21.6 Å². The molecule has 1 heterocycles. The standard InChI is InChI=1S/C22H27BrClN3O5S2/c1-3-34(31,32)21-7-6-18(24)10-17(21)12-25-22(28)15-4-5-16(20(23)11-15)13-27-9-8-19(14-27)26-33(2,29)30/h4-7,10-11,19,26H,3,8-9,12-14H2,1-2H3,(H,25,28)/t19-/m1/s1. The van der Waals surface area contributed by atoms with Gasteiger partial charge in [0.25, 0.3) is 5.91 Å². The third-order valence-corrected chi connectivity index (χ3v) is 9.10. The van der Waals surface area contributed by atoms with Crippen molar-refractivity contribution in [2.24, 2.45) is 0 Å². The number of rotatable bonds is 9. The molecule has 1 saturated heterocycles. The van der Waals surface area contributed by atoms with Crippen LogP contribution in [0.1, 0.15) is 34.8 Å². The van der Waals surface area contributed by atoms with Gasteiger partial charge in [-0.15, -0.1) is 0 Å². The first-order chi connectivity index (χ1) is 15.9. The molecule has 34 heavy (non-hydrogen) atoms. The minimum Gasteiger partial charge on any atom is -0.348 e. The van der Waals surface area contributed by atoms with Crippen LogP contribution in [0.25, 0.3) is 0 Å². The molecule has 2 aromatic rings. The Hall–Kier alpha value is -1.50. The SMILES string of the molecule is CCS(=O)(=O)c1ccc(Cl)cc1CNC(=O)c1ccc(CN2CC[C@@H](NS(C)(=O)=O)C2)c(Br)c1. The number of sulfonamides is 1. The molecule has 2 N–H and O–H groups in total. The second-order valence-corrected chi connectivity index (χ2v) is 13.6. The summed E-state index contributed by atoms with van der Waals surface area (Å²) < 4.78 is 51.0. The first-order valence-corrected chi connectivity index (χ1v) is 15.4. The van der Waals surface area contributed by atoms with Crippen LogP contribution in [0.15, 0.2) is 45.8 Å². The normalized spacial score (nSPS) is 17.1. The molecular formula is C22H27BrClN3O5S2. The topological polar surface area (TPSA) is 113 Å². The maximum absolute atomic E-state index is 12.7. The molecule has 0 bridgehead atoms. The summed E-state index contributed by atoms with van der Waals surface area (Å²) in [4.78, 5) is 15.0. The summed E-state index contributed by atoms with van der Waals surface area (Å²) in [5, 5.41) is 3.16. The number of carbonyl (C=O) groups is 1. The van der Waals surface area contributed by atoms with E-state index in [0.717, 1.165) is 29.3 Å². The Morgan fingerprint density at radius 1 is 1.15 bits per heavy atom. The first kappa shape index (κ1) is 27.1. The van der Waals surface area contributed by atoms with Crippen molar-refractivity contribution in [3.63, 3.8) is 0 Å². The molecule has 0 saturated carbocycles. The van der Waals surface area contributed by atoms with Gasteiger partial charge in [0, 0.05) is 47.3 Å². The molecule has 1 amide bonds. The molecule has 12 heteroatoms. The van der Waals surface area contributed by atoms with Crippen molar-refractivity contribution >= 4 is 53.3 Å². The van der Waals surface area contributed by atoms with Crippen molar-refractivity contribution in [3.8, 4) is 0 Å². The lowest BCUT2D eigenvalue weighted by molar-refractivity contribution is 0.0950. The third-order valence-electron chi connectivity index (χ3n) is 5.54. The van der Waals surface area contributed by atoms with Crippen LogP contribution in [-0.4, -0.2) is 58.8 Å². The van der Waals surface area contributed by atoms with Gasteiger partial charge >= 0.3 is 0 Å². The summed E-state index contributed by atoms with van der Waals surface area (Å²) in [5.74, 6) is -0.392. The zero-order valence-electron chi connectivity index (χ0n) is 18.8. The molecule has 1 aliphatic heterocycles. The van der Waals surface area contributed by atoms with Crippen molar-refractivity contribution in [3.05, 3.63) is 62.6 Å². The number of nitrogens with one attached hydrogen (secondary N) is 2. The van der Waals surface area contributed by atoms with Gasteiger partial charge in [0.1, 0.15) is 0 Å². The van der Waals surface area contributed by atoms with Gasteiger partial charge in [0.05, 0.1) is 16.9 Å². The smallest absolute Gasteiger partial charge is 0.251 e. The molecule has 186 valence electrons. The molecule has 2 aromatic carbocycles. The second-order valence-electron chi connectivity index (χ2n) is 8.26. The highest BCUT2D eigenvalue weighted by Gasteiger charge is 2.25. The number of nitrogens with zero attached hydrogens (tertiary/aromatic N) is 1. The fourth-order valence-corrected chi connectivity index (χ4v) is 6.47. The van der Waals surface area contributed by atoms with Gasteiger partial charge in [0.15, 0.2) is 9.84 Å². The van der Waals surface area contributed by atoms with Crippen LogP contribution in [0.2, 0.25) is 5.02 Å². The van der Waals surface area contributed by atoms with Crippen LogP contribution in [0.4, 0.5) is 0 Å². The van der Waals surface area contributed by atoms with Crippen molar-refractivity contribution < 1.29 is 21.6 Å². The lowest BCUT2D eigenvalue weighted by Crippen LogP contribution is -2.36. The summed E-state index contributed by atoms with van der Waals surface area (Å²) in [6.07, 6.45) is 1.90. The molecule has 0 radical (unpaired) electrons. The fraction of sp³-hybridized carbons (Fsp3) is 0.409. The van der Waals surface area contributed by atoms with E-state index in [9.17, 15) is 21.6 Å². The summed E-state index contributed by atoms with van der Waals surface area (Å²) >= 11 is 9.56. The highest BCUT2D eigenvalue weighted by Crippen LogP contribution is 2.24. The zero-order valence-corrected chi connectivity index (χ0v) is 22.8. The Kier molecular flexibility index (Phi) is 8.80. The van der Waals surface area contributed by atoms with E-state index in [1.54, 1.807) is 25.1 Å². The zero-order chi connectivity index (χ0) is 25.1. The van der Waals surface area contributed by atoms with Crippen LogP contribution in [0.5, 0.6) is 0 Å². The Balaban J connectivity index is 1.65. The summed E-state index contributed by atoms with van der Waals surface area (Å²) in [6.45, 7) is 3.59. The fourth-order valence-electron chi connectivity index (χ4n) is 3.86. The van der Waals surface area contributed by atoms with Gasteiger partial charge < -0.3 is 5.32 Å².